The number of methoxy groups -OCH3 is 1. The molecule has 9 heteroatoms. The SMILES string of the molecule is COc1ccc2c(CCNC(=O)OC(C)(C)C)cn(S(=O)(=O)c3ccc(C)cc3)c2c1O. The molecule has 1 heterocycles. The molecule has 0 unspecified atom stereocenters. The molecular weight excluding hydrogens is 432 g/mol. The molecule has 0 saturated heterocycles. The highest BCUT2D eigenvalue weighted by Crippen LogP contribution is 2.38. The number of aryl methyl sites for hydroxylation is 1. The van der Waals surface area contributed by atoms with Crippen LogP contribution in [0.25, 0.3) is 10.9 Å². The van der Waals surface area contributed by atoms with Gasteiger partial charge >= 0.3 is 6.09 Å². The molecule has 0 radical (unpaired) electrons. The van der Waals surface area contributed by atoms with Crippen molar-refractivity contribution < 1.29 is 27.8 Å². The smallest absolute Gasteiger partial charge is 0.407 e. The van der Waals surface area contributed by atoms with Crippen LogP contribution in [0.4, 0.5) is 4.79 Å². The second-order valence-corrected chi connectivity index (χ2v) is 10.3. The molecule has 2 N–H and O–H groups in total. The lowest BCUT2D eigenvalue weighted by molar-refractivity contribution is 0.0528. The van der Waals surface area contributed by atoms with Crippen LogP contribution in [0, 0.1) is 6.92 Å². The van der Waals surface area contributed by atoms with E-state index in [0.29, 0.717) is 17.4 Å². The largest absolute Gasteiger partial charge is 0.503 e. The Labute approximate surface area is 187 Å². The van der Waals surface area contributed by atoms with Crippen LogP contribution in [0.2, 0.25) is 0 Å². The predicted octanol–water partition coefficient (Wildman–Crippen LogP) is 3.97. The fourth-order valence-electron chi connectivity index (χ4n) is 3.31. The zero-order valence-electron chi connectivity index (χ0n) is 18.8. The molecule has 0 saturated carbocycles. The van der Waals surface area contributed by atoms with Gasteiger partial charge in [0.15, 0.2) is 11.5 Å². The van der Waals surface area contributed by atoms with Gasteiger partial charge in [-0.1, -0.05) is 17.7 Å². The molecule has 2 aromatic carbocycles. The van der Waals surface area contributed by atoms with Gasteiger partial charge in [-0.15, -0.1) is 0 Å². The van der Waals surface area contributed by atoms with Gasteiger partial charge in [0.1, 0.15) is 11.1 Å². The fraction of sp³-hybridized carbons (Fsp3) is 0.348. The molecule has 0 bridgehead atoms. The number of nitrogens with one attached hydrogen (secondary N) is 1. The molecule has 0 aliphatic heterocycles. The van der Waals surface area contributed by atoms with E-state index in [1.807, 2.05) is 6.92 Å². The Morgan fingerprint density at radius 3 is 2.38 bits per heavy atom. The van der Waals surface area contributed by atoms with Crippen LogP contribution in [-0.4, -0.2) is 42.8 Å². The molecule has 8 nitrogen and oxygen atoms in total. The molecule has 0 fully saturated rings. The Morgan fingerprint density at radius 1 is 1.12 bits per heavy atom. The average molecular weight is 461 g/mol. The van der Waals surface area contributed by atoms with Gasteiger partial charge in [0.05, 0.1) is 12.0 Å². The van der Waals surface area contributed by atoms with Gasteiger partial charge < -0.3 is 19.9 Å². The minimum Gasteiger partial charge on any atom is -0.503 e. The van der Waals surface area contributed by atoms with Gasteiger partial charge in [-0.05, 0) is 63.9 Å². The summed E-state index contributed by atoms with van der Waals surface area (Å²) in [7, 11) is -2.59. The van der Waals surface area contributed by atoms with E-state index in [-0.39, 0.29) is 28.5 Å². The summed E-state index contributed by atoms with van der Waals surface area (Å²) in [5.74, 6) is -0.110. The molecule has 3 aromatic rings. The fourth-order valence-corrected chi connectivity index (χ4v) is 4.71. The quantitative estimate of drug-likeness (QED) is 0.577. The van der Waals surface area contributed by atoms with E-state index in [1.165, 1.54) is 25.4 Å². The summed E-state index contributed by atoms with van der Waals surface area (Å²) in [5.41, 5.74) is 1.08. The number of phenols is 1. The van der Waals surface area contributed by atoms with Crippen molar-refractivity contribution in [3.05, 3.63) is 53.7 Å². The van der Waals surface area contributed by atoms with Crippen molar-refractivity contribution in [1.82, 2.24) is 9.29 Å². The van der Waals surface area contributed by atoms with Crippen molar-refractivity contribution in [2.45, 2.75) is 44.6 Å². The number of carbonyl (C=O) groups is 1. The number of benzene rings is 2. The minimum absolute atomic E-state index is 0.0978. The molecule has 3 rings (SSSR count). The Kier molecular flexibility index (Phi) is 6.41. The third kappa shape index (κ3) is 4.83. The van der Waals surface area contributed by atoms with Crippen molar-refractivity contribution in [3.63, 3.8) is 0 Å². The molecule has 1 aromatic heterocycles. The summed E-state index contributed by atoms with van der Waals surface area (Å²) < 4.78 is 38.2. The average Bonchev–Trinajstić information content (AvgIpc) is 3.07. The highest BCUT2D eigenvalue weighted by atomic mass is 32.2. The number of rotatable bonds is 6. The summed E-state index contributed by atoms with van der Waals surface area (Å²) in [6.07, 6.45) is 1.24. The second kappa shape index (κ2) is 8.74. The van der Waals surface area contributed by atoms with Crippen molar-refractivity contribution in [1.29, 1.82) is 0 Å². The Hall–Kier alpha value is -3.20. The van der Waals surface area contributed by atoms with Crippen LogP contribution in [0.1, 0.15) is 31.9 Å². The van der Waals surface area contributed by atoms with Crippen LogP contribution in [0.15, 0.2) is 47.5 Å². The minimum atomic E-state index is -3.99. The molecule has 32 heavy (non-hydrogen) atoms. The third-order valence-corrected chi connectivity index (χ3v) is 6.49. The number of carbonyl (C=O) groups excluding carboxylic acids is 1. The number of aromatic hydroxyl groups is 1. The van der Waals surface area contributed by atoms with E-state index in [1.54, 1.807) is 45.0 Å². The van der Waals surface area contributed by atoms with E-state index < -0.39 is 21.7 Å². The number of hydrogen-bond acceptors (Lipinski definition) is 6. The highest BCUT2D eigenvalue weighted by Gasteiger charge is 2.25. The molecule has 1 amide bonds. The number of aromatic nitrogens is 1. The molecule has 0 atom stereocenters. The molecular formula is C23H28N2O6S. The summed E-state index contributed by atoms with van der Waals surface area (Å²) in [5, 5.41) is 14.0. The number of ether oxygens (including phenoxy) is 2. The topological polar surface area (TPSA) is 107 Å². The Morgan fingerprint density at radius 2 is 1.78 bits per heavy atom. The van der Waals surface area contributed by atoms with Crippen LogP contribution in [-0.2, 0) is 21.2 Å². The van der Waals surface area contributed by atoms with Crippen molar-refractivity contribution >= 4 is 27.0 Å². The first-order valence-electron chi connectivity index (χ1n) is 10.1. The standard InChI is InChI=1S/C23H28N2O6S/c1-15-6-8-17(9-7-15)32(28,29)25-14-16(12-13-24-22(27)31-23(2,3)4)18-10-11-19(30-5)21(26)20(18)25/h6-11,14,26H,12-13H2,1-5H3,(H,24,27). The lowest BCUT2D eigenvalue weighted by atomic mass is 10.1. The van der Waals surface area contributed by atoms with Crippen LogP contribution in [0.3, 0.4) is 0 Å². The zero-order valence-corrected chi connectivity index (χ0v) is 19.6. The normalized spacial score (nSPS) is 12.0. The van der Waals surface area contributed by atoms with Crippen molar-refractivity contribution in [2.24, 2.45) is 0 Å². The zero-order chi connectivity index (χ0) is 23.7. The van der Waals surface area contributed by atoms with Crippen LogP contribution in [0.5, 0.6) is 11.5 Å². The number of hydrogen-bond donors (Lipinski definition) is 2. The maximum atomic E-state index is 13.4. The lowest BCUT2D eigenvalue weighted by Crippen LogP contribution is -2.33. The first-order valence-corrected chi connectivity index (χ1v) is 11.6. The molecule has 0 aliphatic carbocycles. The first kappa shape index (κ1) is 23.5. The number of alkyl carbamates (subject to hydrolysis) is 1. The van der Waals surface area contributed by atoms with Crippen molar-refractivity contribution in [3.8, 4) is 11.5 Å². The van der Waals surface area contributed by atoms with E-state index in [9.17, 15) is 18.3 Å². The summed E-state index contributed by atoms with van der Waals surface area (Å²) in [6.45, 7) is 7.41. The summed E-state index contributed by atoms with van der Waals surface area (Å²) in [4.78, 5) is 12.0. The number of fused-ring (bicyclic) bond motifs is 1. The van der Waals surface area contributed by atoms with Gasteiger partial charge in [-0.3, -0.25) is 0 Å². The lowest BCUT2D eigenvalue weighted by Gasteiger charge is -2.19. The second-order valence-electron chi connectivity index (χ2n) is 8.46. The van der Waals surface area contributed by atoms with E-state index in [4.69, 9.17) is 9.47 Å². The van der Waals surface area contributed by atoms with Crippen LogP contribution < -0.4 is 10.1 Å². The van der Waals surface area contributed by atoms with E-state index in [2.05, 4.69) is 5.32 Å². The highest BCUT2D eigenvalue weighted by molar-refractivity contribution is 7.90. The maximum absolute atomic E-state index is 13.4. The van der Waals surface area contributed by atoms with E-state index >= 15 is 0 Å². The number of nitrogens with zero attached hydrogens (tertiary/aromatic N) is 1. The van der Waals surface area contributed by atoms with Crippen molar-refractivity contribution in [2.75, 3.05) is 13.7 Å². The third-order valence-electron chi connectivity index (χ3n) is 4.81. The van der Waals surface area contributed by atoms with Gasteiger partial charge in [0, 0.05) is 18.1 Å². The summed E-state index contributed by atoms with van der Waals surface area (Å²) in [6, 6.07) is 9.74. The Balaban J connectivity index is 2.02. The monoisotopic (exact) mass is 460 g/mol. The van der Waals surface area contributed by atoms with E-state index in [0.717, 1.165) is 9.54 Å². The van der Waals surface area contributed by atoms with Gasteiger partial charge in [-0.25, -0.2) is 17.2 Å². The van der Waals surface area contributed by atoms with Gasteiger partial charge in [0.25, 0.3) is 10.0 Å². The van der Waals surface area contributed by atoms with Gasteiger partial charge in [0.2, 0.25) is 0 Å². The number of phenolic OH excluding ortho intramolecular Hbond substituents is 1. The first-order chi connectivity index (χ1) is 14.9. The molecule has 172 valence electrons. The Bertz CT molecular complexity index is 1240. The van der Waals surface area contributed by atoms with Crippen LogP contribution >= 0.6 is 0 Å². The maximum Gasteiger partial charge on any atom is 0.407 e. The molecule has 0 aliphatic rings. The predicted molar refractivity (Wildman–Crippen MR) is 122 cm³/mol. The summed E-state index contributed by atoms with van der Waals surface area (Å²) >= 11 is 0. The number of amides is 1. The molecule has 0 spiro atoms. The van der Waals surface area contributed by atoms with Gasteiger partial charge in [-0.2, -0.15) is 0 Å².